The second-order valence-electron chi connectivity index (χ2n) is 9.32. The van der Waals surface area contributed by atoms with Crippen LogP contribution in [0.25, 0.3) is 11.1 Å². The molecule has 1 aliphatic rings. The lowest BCUT2D eigenvalue weighted by atomic mass is 10.0. The number of likely N-dealkylation sites (N-methyl/N-ethyl adjacent to an activating group) is 1. The van der Waals surface area contributed by atoms with E-state index in [2.05, 4.69) is 9.88 Å². The number of fused-ring (bicyclic) bond motifs is 1. The smallest absolute Gasteiger partial charge is 0.247 e. The van der Waals surface area contributed by atoms with Crippen LogP contribution in [0.5, 0.6) is 5.75 Å². The van der Waals surface area contributed by atoms with Crippen molar-refractivity contribution in [3.05, 3.63) is 78.6 Å². The number of aliphatic hydroxyl groups is 1. The quantitative estimate of drug-likeness (QED) is 0.539. The topological polar surface area (TPSA) is 83.0 Å². The zero-order valence-corrected chi connectivity index (χ0v) is 21.2. The van der Waals surface area contributed by atoms with Crippen LogP contribution in [0.2, 0.25) is 0 Å². The average molecular weight is 496 g/mol. The van der Waals surface area contributed by atoms with E-state index in [1.54, 1.807) is 25.4 Å². The maximum Gasteiger partial charge on any atom is 0.247 e. The normalized spacial score (nSPS) is 20.9. The van der Waals surface area contributed by atoms with Gasteiger partial charge in [0.05, 0.1) is 6.61 Å². The van der Waals surface area contributed by atoms with Crippen LogP contribution in [0.3, 0.4) is 0 Å². The van der Waals surface area contributed by atoms with Crippen molar-refractivity contribution in [2.45, 2.75) is 37.4 Å². The molecule has 1 N–H and O–H groups in total. The Bertz CT molecular complexity index is 1220. The molecule has 2 heterocycles. The van der Waals surface area contributed by atoms with Gasteiger partial charge in [-0.2, -0.15) is 4.31 Å². The minimum atomic E-state index is -3.86. The van der Waals surface area contributed by atoms with E-state index in [1.807, 2.05) is 68.6 Å². The van der Waals surface area contributed by atoms with Crippen LogP contribution < -0.4 is 4.74 Å². The number of hydrogen-bond donors (Lipinski definition) is 1. The number of aromatic nitrogens is 1. The number of rotatable bonds is 7. The van der Waals surface area contributed by atoms with Crippen molar-refractivity contribution in [2.24, 2.45) is 5.92 Å². The summed E-state index contributed by atoms with van der Waals surface area (Å²) >= 11 is 0. The van der Waals surface area contributed by atoms with Crippen LogP contribution in [0.4, 0.5) is 0 Å². The first-order valence-corrected chi connectivity index (χ1v) is 13.3. The number of nitrogens with zero attached hydrogens (tertiary/aromatic N) is 3. The number of pyridine rings is 1. The Labute approximate surface area is 208 Å². The first-order valence-electron chi connectivity index (χ1n) is 11.9. The van der Waals surface area contributed by atoms with Gasteiger partial charge in [0, 0.05) is 44.0 Å². The molecule has 35 heavy (non-hydrogen) atoms. The number of aliphatic hydroxyl groups excluding tert-OH is 1. The minimum Gasteiger partial charge on any atom is -0.487 e. The molecule has 0 amide bonds. The first-order chi connectivity index (χ1) is 16.8. The van der Waals surface area contributed by atoms with Crippen molar-refractivity contribution < 1.29 is 18.3 Å². The lowest BCUT2D eigenvalue weighted by Crippen LogP contribution is -2.49. The Morgan fingerprint density at radius 3 is 2.51 bits per heavy atom. The van der Waals surface area contributed by atoms with Crippen molar-refractivity contribution in [3.63, 3.8) is 0 Å². The van der Waals surface area contributed by atoms with Gasteiger partial charge in [-0.25, -0.2) is 8.42 Å². The van der Waals surface area contributed by atoms with Crippen molar-refractivity contribution in [1.82, 2.24) is 14.2 Å². The van der Waals surface area contributed by atoms with Gasteiger partial charge >= 0.3 is 0 Å². The van der Waals surface area contributed by atoms with E-state index in [1.165, 1.54) is 4.31 Å². The predicted molar refractivity (Wildman–Crippen MR) is 136 cm³/mol. The Morgan fingerprint density at radius 1 is 1.11 bits per heavy atom. The summed E-state index contributed by atoms with van der Waals surface area (Å²) in [6, 6.07) is 18.5. The monoisotopic (exact) mass is 495 g/mol. The zero-order valence-electron chi connectivity index (χ0n) is 20.4. The summed E-state index contributed by atoms with van der Waals surface area (Å²) in [6.07, 6.45) is 3.30. The third kappa shape index (κ3) is 5.73. The number of sulfonamides is 1. The molecule has 0 aliphatic carbocycles. The van der Waals surface area contributed by atoms with Gasteiger partial charge in [0.2, 0.25) is 10.0 Å². The lowest BCUT2D eigenvalue weighted by Gasteiger charge is -2.37. The Balaban J connectivity index is 1.72. The molecule has 0 radical (unpaired) electrons. The molecule has 8 heteroatoms. The molecule has 2 aromatic carbocycles. The molecule has 1 aliphatic heterocycles. The van der Waals surface area contributed by atoms with Crippen LogP contribution in [0.1, 0.15) is 19.4 Å². The van der Waals surface area contributed by atoms with E-state index in [0.717, 1.165) is 23.2 Å². The molecule has 0 bridgehead atoms. The summed E-state index contributed by atoms with van der Waals surface area (Å²) in [5.74, 6) is 0.238. The highest BCUT2D eigenvalue weighted by Crippen LogP contribution is 2.36. The minimum absolute atomic E-state index is 0.104. The van der Waals surface area contributed by atoms with E-state index >= 15 is 0 Å². The van der Waals surface area contributed by atoms with Gasteiger partial charge in [-0.3, -0.25) is 9.88 Å². The van der Waals surface area contributed by atoms with Gasteiger partial charge < -0.3 is 9.84 Å². The molecule has 1 aromatic heterocycles. The maximum atomic E-state index is 13.7. The summed E-state index contributed by atoms with van der Waals surface area (Å²) in [6.45, 7) is 5.08. The largest absolute Gasteiger partial charge is 0.487 e. The highest BCUT2D eigenvalue weighted by molar-refractivity contribution is 7.89. The van der Waals surface area contributed by atoms with Crippen LogP contribution >= 0.6 is 0 Å². The molecule has 0 unspecified atom stereocenters. The lowest BCUT2D eigenvalue weighted by molar-refractivity contribution is 0.0734. The van der Waals surface area contributed by atoms with E-state index in [4.69, 9.17) is 4.74 Å². The van der Waals surface area contributed by atoms with Crippen molar-refractivity contribution >= 4 is 10.0 Å². The Kier molecular flexibility index (Phi) is 7.86. The predicted octanol–water partition coefficient (Wildman–Crippen LogP) is 3.65. The van der Waals surface area contributed by atoms with E-state index in [9.17, 15) is 13.5 Å². The fourth-order valence-electron chi connectivity index (χ4n) is 4.43. The van der Waals surface area contributed by atoms with Gasteiger partial charge in [-0.05, 0) is 54.9 Å². The molecule has 0 saturated heterocycles. The van der Waals surface area contributed by atoms with E-state index < -0.39 is 16.1 Å². The molecule has 4 rings (SSSR count). The third-order valence-corrected chi connectivity index (χ3v) is 8.49. The maximum absolute atomic E-state index is 13.7. The van der Waals surface area contributed by atoms with Gasteiger partial charge in [0.25, 0.3) is 0 Å². The molecule has 3 aromatic rings. The second-order valence-corrected chi connectivity index (χ2v) is 11.2. The van der Waals surface area contributed by atoms with E-state index in [-0.39, 0.29) is 30.1 Å². The molecule has 186 valence electrons. The van der Waals surface area contributed by atoms with Gasteiger partial charge in [0.1, 0.15) is 16.7 Å². The highest BCUT2D eigenvalue weighted by Gasteiger charge is 2.38. The average Bonchev–Trinajstić information content (AvgIpc) is 2.86. The van der Waals surface area contributed by atoms with Crippen LogP contribution in [-0.4, -0.2) is 66.6 Å². The number of hydrogen-bond acceptors (Lipinski definition) is 6. The van der Waals surface area contributed by atoms with Gasteiger partial charge in [-0.1, -0.05) is 43.3 Å². The van der Waals surface area contributed by atoms with Crippen molar-refractivity contribution in [2.75, 3.05) is 26.7 Å². The van der Waals surface area contributed by atoms with Crippen molar-refractivity contribution in [1.29, 1.82) is 0 Å². The number of benzene rings is 2. The zero-order chi connectivity index (χ0) is 25.0. The molecule has 0 fully saturated rings. The highest BCUT2D eigenvalue weighted by atomic mass is 32.2. The second kappa shape index (κ2) is 10.9. The van der Waals surface area contributed by atoms with Crippen LogP contribution in [0.15, 0.2) is 78.0 Å². The molecular formula is C27H33N3O4S. The van der Waals surface area contributed by atoms with Crippen LogP contribution in [-0.2, 0) is 16.6 Å². The fraction of sp³-hybridized carbons (Fsp3) is 0.370. The first kappa shape index (κ1) is 25.3. The van der Waals surface area contributed by atoms with Crippen LogP contribution in [0, 0.1) is 5.92 Å². The summed E-state index contributed by atoms with van der Waals surface area (Å²) in [4.78, 5) is 6.39. The standard InChI is InChI=1S/C27H33N3O4S/c1-20-16-30(21(2)19-31)35(32,33)27-10-9-24(23-7-5-4-6-8-23)15-25(27)34-26(20)18-29(3)17-22-11-13-28-14-12-22/h4-15,20-21,26,31H,16-19H2,1-3H3/t20-,21+,26+/m0/s1. The van der Waals surface area contributed by atoms with Crippen molar-refractivity contribution in [3.8, 4) is 16.9 Å². The molecule has 0 spiro atoms. The molecule has 3 atom stereocenters. The van der Waals surface area contributed by atoms with Gasteiger partial charge in [-0.15, -0.1) is 0 Å². The molecular weight excluding hydrogens is 462 g/mol. The SMILES string of the molecule is C[C@H](CO)N1C[C@H](C)[C@@H](CN(C)Cc2ccncc2)Oc2cc(-c3ccccc3)ccc2S1(=O)=O. The summed E-state index contributed by atoms with van der Waals surface area (Å²) in [5.41, 5.74) is 3.02. The molecule has 0 saturated carbocycles. The Hall–Kier alpha value is -2.78. The summed E-state index contributed by atoms with van der Waals surface area (Å²) < 4.78 is 35.2. The molecule has 7 nitrogen and oxygen atoms in total. The summed E-state index contributed by atoms with van der Waals surface area (Å²) in [7, 11) is -1.83. The third-order valence-electron chi connectivity index (χ3n) is 6.47. The fourth-order valence-corrected chi connectivity index (χ4v) is 6.25. The van der Waals surface area contributed by atoms with Gasteiger partial charge in [0.15, 0.2) is 0 Å². The Morgan fingerprint density at radius 2 is 1.83 bits per heavy atom. The number of ether oxygens (including phenoxy) is 1. The van der Waals surface area contributed by atoms with E-state index in [0.29, 0.717) is 12.3 Å². The summed E-state index contributed by atoms with van der Waals surface area (Å²) in [5, 5.41) is 9.83.